The molecule has 0 aliphatic rings. The Balaban J connectivity index is 2.93. The van der Waals surface area contributed by atoms with Gasteiger partial charge >= 0.3 is 0 Å². The number of thiophene rings is 1. The van der Waals surface area contributed by atoms with Crippen LogP contribution in [-0.2, 0) is 0 Å². The molecule has 0 fully saturated rings. The van der Waals surface area contributed by atoms with E-state index in [4.69, 9.17) is 0 Å². The van der Waals surface area contributed by atoms with Crippen molar-refractivity contribution < 1.29 is 5.11 Å². The van der Waals surface area contributed by atoms with E-state index in [0.29, 0.717) is 5.69 Å². The average molecular weight is 166 g/mol. The third-order valence-corrected chi connectivity index (χ3v) is 2.42. The first-order valence-corrected chi connectivity index (χ1v) is 4.06. The zero-order valence-electron chi connectivity index (χ0n) is 5.90. The number of aryl methyl sites for hydroxylation is 1. The Morgan fingerprint density at radius 2 is 2.27 bits per heavy atom. The van der Waals surface area contributed by atoms with Gasteiger partial charge < -0.3 is 5.11 Å². The first-order chi connectivity index (χ1) is 5.29. The fourth-order valence-electron chi connectivity index (χ4n) is 0.899. The van der Waals surface area contributed by atoms with Crippen molar-refractivity contribution in [3.8, 4) is 5.75 Å². The molecule has 0 aromatic carbocycles. The third-order valence-electron chi connectivity index (χ3n) is 1.51. The Hall–Kier alpha value is -1.16. The molecule has 0 aliphatic carbocycles. The van der Waals surface area contributed by atoms with E-state index in [0.717, 1.165) is 10.2 Å². The molecule has 3 nitrogen and oxygen atoms in total. The molecule has 4 heteroatoms. The van der Waals surface area contributed by atoms with Gasteiger partial charge in [0.2, 0.25) is 0 Å². The van der Waals surface area contributed by atoms with Crippen LogP contribution in [0.4, 0.5) is 0 Å². The van der Waals surface area contributed by atoms with E-state index in [1.54, 1.807) is 6.92 Å². The van der Waals surface area contributed by atoms with E-state index in [-0.39, 0.29) is 5.75 Å². The van der Waals surface area contributed by atoms with Crippen LogP contribution in [0.15, 0.2) is 11.4 Å². The summed E-state index contributed by atoms with van der Waals surface area (Å²) in [6.45, 7) is 1.74. The van der Waals surface area contributed by atoms with Crippen LogP contribution in [0, 0.1) is 6.92 Å². The number of hydrogen-bond acceptors (Lipinski definition) is 4. The fraction of sp³-hybridized carbons (Fsp3) is 0.143. The second-order valence-electron chi connectivity index (χ2n) is 2.27. The van der Waals surface area contributed by atoms with E-state index in [9.17, 15) is 5.11 Å². The average Bonchev–Trinajstić information content (AvgIpc) is 2.45. The number of rotatable bonds is 0. The van der Waals surface area contributed by atoms with Crippen molar-refractivity contribution in [2.45, 2.75) is 6.92 Å². The van der Waals surface area contributed by atoms with Gasteiger partial charge in [-0.25, -0.2) is 0 Å². The number of aromatic hydroxyl groups is 1. The summed E-state index contributed by atoms with van der Waals surface area (Å²) >= 11 is 1.48. The molecule has 11 heavy (non-hydrogen) atoms. The van der Waals surface area contributed by atoms with Gasteiger partial charge in [-0.1, -0.05) is 0 Å². The van der Waals surface area contributed by atoms with Gasteiger partial charge in [-0.15, -0.1) is 16.4 Å². The minimum absolute atomic E-state index is 0.255. The molecule has 0 aliphatic heterocycles. The molecule has 0 amide bonds. The van der Waals surface area contributed by atoms with Crippen LogP contribution in [0.25, 0.3) is 10.2 Å². The van der Waals surface area contributed by atoms with Crippen molar-refractivity contribution in [3.05, 3.63) is 17.1 Å². The van der Waals surface area contributed by atoms with Crippen molar-refractivity contribution in [2.75, 3.05) is 0 Å². The first kappa shape index (κ1) is 6.54. The van der Waals surface area contributed by atoms with Gasteiger partial charge in [0.05, 0.1) is 4.70 Å². The first-order valence-electron chi connectivity index (χ1n) is 3.18. The predicted molar refractivity (Wildman–Crippen MR) is 43.8 cm³/mol. The van der Waals surface area contributed by atoms with Crippen LogP contribution in [0.1, 0.15) is 5.69 Å². The Labute approximate surface area is 67.3 Å². The lowest BCUT2D eigenvalue weighted by Crippen LogP contribution is -1.85. The summed E-state index contributed by atoms with van der Waals surface area (Å²) in [5.74, 6) is 0.255. The van der Waals surface area contributed by atoms with Crippen LogP contribution in [0.3, 0.4) is 0 Å². The third kappa shape index (κ3) is 0.867. The van der Waals surface area contributed by atoms with Gasteiger partial charge in [-0.2, -0.15) is 5.10 Å². The summed E-state index contributed by atoms with van der Waals surface area (Å²) in [7, 11) is 0. The summed E-state index contributed by atoms with van der Waals surface area (Å²) in [5.41, 5.74) is 1.35. The van der Waals surface area contributed by atoms with E-state index >= 15 is 0 Å². The Bertz CT molecular complexity index is 396. The predicted octanol–water partition coefficient (Wildman–Crippen LogP) is 1.71. The van der Waals surface area contributed by atoms with Gasteiger partial charge in [0.15, 0.2) is 5.75 Å². The van der Waals surface area contributed by atoms with Crippen LogP contribution in [0.2, 0.25) is 0 Å². The number of hydrogen-bond donors (Lipinski definition) is 1. The summed E-state index contributed by atoms with van der Waals surface area (Å²) in [6, 6.07) is 1.84. The standard InChI is InChI=1S/C7H6N2OS/c1-4-6(10)7-5(9-8-4)2-3-11-7/h2-3H,1H3,(H,9,10). The highest BCUT2D eigenvalue weighted by Crippen LogP contribution is 2.28. The van der Waals surface area contributed by atoms with E-state index in [1.807, 2.05) is 11.4 Å². The highest BCUT2D eigenvalue weighted by Gasteiger charge is 2.05. The van der Waals surface area contributed by atoms with Gasteiger partial charge in [-0.3, -0.25) is 0 Å². The van der Waals surface area contributed by atoms with Crippen molar-refractivity contribution >= 4 is 21.6 Å². The molecule has 0 bridgehead atoms. The zero-order chi connectivity index (χ0) is 7.84. The maximum absolute atomic E-state index is 9.46. The molecule has 2 rings (SSSR count). The number of fused-ring (bicyclic) bond motifs is 1. The van der Waals surface area contributed by atoms with Crippen molar-refractivity contribution in [1.82, 2.24) is 10.2 Å². The highest BCUT2D eigenvalue weighted by molar-refractivity contribution is 7.17. The van der Waals surface area contributed by atoms with E-state index in [2.05, 4.69) is 10.2 Å². The van der Waals surface area contributed by atoms with Gasteiger partial charge in [0, 0.05) is 0 Å². The van der Waals surface area contributed by atoms with E-state index < -0.39 is 0 Å². The summed E-state index contributed by atoms with van der Waals surface area (Å²) in [6.07, 6.45) is 0. The van der Waals surface area contributed by atoms with Crippen LogP contribution in [0.5, 0.6) is 5.75 Å². The smallest absolute Gasteiger partial charge is 0.158 e. The van der Waals surface area contributed by atoms with Gasteiger partial charge in [0.1, 0.15) is 11.2 Å². The maximum Gasteiger partial charge on any atom is 0.158 e. The molecule has 2 aromatic heterocycles. The van der Waals surface area contributed by atoms with Gasteiger partial charge in [0.25, 0.3) is 0 Å². The second-order valence-corrected chi connectivity index (χ2v) is 3.19. The topological polar surface area (TPSA) is 46.0 Å². The SMILES string of the molecule is Cc1nnc2ccsc2c1O. The summed E-state index contributed by atoms with van der Waals surface area (Å²) in [4.78, 5) is 0. The lowest BCUT2D eigenvalue weighted by molar-refractivity contribution is 0.473. The van der Waals surface area contributed by atoms with Crippen LogP contribution < -0.4 is 0 Å². The molecule has 0 saturated heterocycles. The lowest BCUT2D eigenvalue weighted by atomic mass is 10.3. The lowest BCUT2D eigenvalue weighted by Gasteiger charge is -1.95. The Morgan fingerprint density at radius 3 is 3.09 bits per heavy atom. The molecule has 56 valence electrons. The molecule has 0 saturated carbocycles. The molecule has 2 aromatic rings. The van der Waals surface area contributed by atoms with Crippen molar-refractivity contribution in [1.29, 1.82) is 0 Å². The molecular weight excluding hydrogens is 160 g/mol. The minimum atomic E-state index is 0.255. The minimum Gasteiger partial charge on any atom is -0.504 e. The fourth-order valence-corrected chi connectivity index (χ4v) is 1.72. The maximum atomic E-state index is 9.46. The van der Waals surface area contributed by atoms with Crippen molar-refractivity contribution in [2.24, 2.45) is 0 Å². The number of nitrogens with zero attached hydrogens (tertiary/aromatic N) is 2. The molecule has 1 N–H and O–H groups in total. The molecule has 0 unspecified atom stereocenters. The largest absolute Gasteiger partial charge is 0.504 e. The molecule has 0 atom stereocenters. The monoisotopic (exact) mass is 166 g/mol. The summed E-state index contributed by atoms with van der Waals surface area (Å²) in [5, 5.41) is 19.0. The Morgan fingerprint density at radius 1 is 1.45 bits per heavy atom. The molecule has 0 spiro atoms. The van der Waals surface area contributed by atoms with E-state index in [1.165, 1.54) is 11.3 Å². The van der Waals surface area contributed by atoms with Crippen LogP contribution in [-0.4, -0.2) is 15.3 Å². The molecule has 2 heterocycles. The molecular formula is C7H6N2OS. The quantitative estimate of drug-likeness (QED) is 0.648. The number of aromatic nitrogens is 2. The van der Waals surface area contributed by atoms with Gasteiger partial charge in [-0.05, 0) is 18.4 Å². The van der Waals surface area contributed by atoms with Crippen molar-refractivity contribution in [3.63, 3.8) is 0 Å². The Kier molecular flexibility index (Phi) is 1.29. The zero-order valence-corrected chi connectivity index (χ0v) is 6.72. The molecule has 0 radical (unpaired) electrons. The van der Waals surface area contributed by atoms with Crippen LogP contribution >= 0.6 is 11.3 Å². The normalized spacial score (nSPS) is 10.6. The highest BCUT2D eigenvalue weighted by atomic mass is 32.1. The second kappa shape index (κ2) is 2.17. The summed E-state index contributed by atoms with van der Waals surface area (Å²) < 4.78 is 0.817.